The zero-order valence-electron chi connectivity index (χ0n) is 15.8. The molecule has 0 unspecified atom stereocenters. The summed E-state index contributed by atoms with van der Waals surface area (Å²) in [4.78, 5) is 28.4. The van der Waals surface area contributed by atoms with Crippen molar-refractivity contribution in [2.24, 2.45) is 0 Å². The van der Waals surface area contributed by atoms with E-state index in [0.29, 0.717) is 30.0 Å². The molecule has 1 saturated heterocycles. The number of hydrogen-bond donors (Lipinski definition) is 0. The van der Waals surface area contributed by atoms with E-state index in [9.17, 15) is 14.0 Å². The zero-order valence-corrected chi connectivity index (χ0v) is 15.8. The predicted molar refractivity (Wildman–Crippen MR) is 106 cm³/mol. The van der Waals surface area contributed by atoms with Crippen molar-refractivity contribution in [1.82, 2.24) is 9.80 Å². The molecule has 1 fully saturated rings. The SMILES string of the molecule is CN1CCN(C(=O)COc2ccc(C(=O)C=Cc3ccccc3F)cc2)CC1. The van der Waals surface area contributed by atoms with Crippen LogP contribution in [0, 0.1) is 5.82 Å². The third-order valence-electron chi connectivity index (χ3n) is 4.68. The molecule has 0 N–H and O–H groups in total. The topological polar surface area (TPSA) is 49.9 Å². The molecule has 1 aliphatic rings. The van der Waals surface area contributed by atoms with Gasteiger partial charge < -0.3 is 14.5 Å². The lowest BCUT2D eigenvalue weighted by Gasteiger charge is -2.32. The van der Waals surface area contributed by atoms with Crippen molar-refractivity contribution in [3.8, 4) is 5.75 Å². The second kappa shape index (κ2) is 9.28. The van der Waals surface area contributed by atoms with Crippen molar-refractivity contribution < 1.29 is 18.7 Å². The first-order valence-corrected chi connectivity index (χ1v) is 9.19. The van der Waals surface area contributed by atoms with Crippen molar-refractivity contribution in [3.63, 3.8) is 0 Å². The highest BCUT2D eigenvalue weighted by Crippen LogP contribution is 2.15. The van der Waals surface area contributed by atoms with Crippen molar-refractivity contribution >= 4 is 17.8 Å². The van der Waals surface area contributed by atoms with Gasteiger partial charge in [0.25, 0.3) is 5.91 Å². The summed E-state index contributed by atoms with van der Waals surface area (Å²) in [7, 11) is 2.03. The number of ketones is 1. The monoisotopic (exact) mass is 382 g/mol. The fourth-order valence-electron chi connectivity index (χ4n) is 2.88. The Morgan fingerprint density at radius 3 is 2.39 bits per heavy atom. The van der Waals surface area contributed by atoms with Crippen molar-refractivity contribution in [2.75, 3.05) is 39.8 Å². The summed E-state index contributed by atoms with van der Waals surface area (Å²) < 4.78 is 19.1. The molecule has 0 atom stereocenters. The number of halogens is 1. The average Bonchev–Trinajstić information content (AvgIpc) is 2.72. The van der Waals surface area contributed by atoms with Crippen LogP contribution in [0.5, 0.6) is 5.75 Å². The Morgan fingerprint density at radius 1 is 1.04 bits per heavy atom. The highest BCUT2D eigenvalue weighted by Gasteiger charge is 2.19. The van der Waals surface area contributed by atoms with Crippen LogP contribution in [-0.2, 0) is 4.79 Å². The molecule has 28 heavy (non-hydrogen) atoms. The normalized spacial score (nSPS) is 15.0. The lowest BCUT2D eigenvalue weighted by atomic mass is 10.1. The number of benzene rings is 2. The number of allylic oxidation sites excluding steroid dienone is 1. The molecular weight excluding hydrogens is 359 g/mol. The number of amides is 1. The number of nitrogens with zero attached hydrogens (tertiary/aromatic N) is 2. The maximum absolute atomic E-state index is 13.6. The molecule has 1 aliphatic heterocycles. The number of rotatable bonds is 6. The quantitative estimate of drug-likeness (QED) is 0.569. The largest absolute Gasteiger partial charge is 0.484 e. The van der Waals surface area contributed by atoms with Gasteiger partial charge in [0.2, 0.25) is 0 Å². The molecule has 0 saturated carbocycles. The first kappa shape index (κ1) is 19.8. The second-order valence-electron chi connectivity index (χ2n) is 6.72. The Morgan fingerprint density at radius 2 is 1.71 bits per heavy atom. The van der Waals surface area contributed by atoms with Crippen LogP contribution in [0.4, 0.5) is 4.39 Å². The molecule has 0 aliphatic carbocycles. The number of hydrogen-bond acceptors (Lipinski definition) is 4. The van der Waals surface area contributed by atoms with Crippen LogP contribution >= 0.6 is 0 Å². The summed E-state index contributed by atoms with van der Waals surface area (Å²) in [6.07, 6.45) is 2.79. The summed E-state index contributed by atoms with van der Waals surface area (Å²) in [5.74, 6) is -0.123. The van der Waals surface area contributed by atoms with E-state index >= 15 is 0 Å². The second-order valence-corrected chi connectivity index (χ2v) is 6.72. The molecule has 6 heteroatoms. The molecule has 0 bridgehead atoms. The molecular formula is C22H23FN2O3. The minimum atomic E-state index is -0.375. The predicted octanol–water partition coefficient (Wildman–Crippen LogP) is 2.87. The first-order valence-electron chi connectivity index (χ1n) is 9.19. The van der Waals surface area contributed by atoms with E-state index in [1.54, 1.807) is 47.4 Å². The Balaban J connectivity index is 1.52. The molecule has 2 aromatic carbocycles. The minimum Gasteiger partial charge on any atom is -0.484 e. The standard InChI is InChI=1S/C22H23FN2O3/c1-24-12-14-25(15-13-24)22(27)16-28-19-9-6-18(7-10-19)21(26)11-8-17-4-2-3-5-20(17)23/h2-11H,12-16H2,1H3. The van der Waals surface area contributed by atoms with E-state index in [4.69, 9.17) is 4.74 Å². The third kappa shape index (κ3) is 5.27. The average molecular weight is 382 g/mol. The van der Waals surface area contributed by atoms with Crippen LogP contribution in [0.1, 0.15) is 15.9 Å². The molecule has 3 rings (SSSR count). The van der Waals surface area contributed by atoms with Crippen molar-refractivity contribution in [3.05, 3.63) is 71.6 Å². The summed E-state index contributed by atoms with van der Waals surface area (Å²) in [6.45, 7) is 3.12. The number of likely N-dealkylation sites (N-methyl/N-ethyl adjacent to an activating group) is 1. The van der Waals surface area contributed by atoms with E-state index < -0.39 is 0 Å². The number of carbonyl (C=O) groups is 2. The lowest BCUT2D eigenvalue weighted by molar-refractivity contribution is -0.134. The molecule has 0 radical (unpaired) electrons. The Bertz CT molecular complexity index is 856. The van der Waals surface area contributed by atoms with Gasteiger partial charge in [-0.2, -0.15) is 0 Å². The number of ether oxygens (including phenoxy) is 1. The summed E-state index contributed by atoms with van der Waals surface area (Å²) in [6, 6.07) is 12.8. The van der Waals surface area contributed by atoms with E-state index in [0.717, 1.165) is 13.1 Å². The van der Waals surface area contributed by atoms with Crippen LogP contribution in [0.2, 0.25) is 0 Å². The molecule has 1 heterocycles. The summed E-state index contributed by atoms with van der Waals surface area (Å²) in [5.41, 5.74) is 0.823. The van der Waals surface area contributed by atoms with Crippen LogP contribution in [0.3, 0.4) is 0 Å². The van der Waals surface area contributed by atoms with Gasteiger partial charge in [-0.1, -0.05) is 18.2 Å². The van der Waals surface area contributed by atoms with E-state index in [-0.39, 0.29) is 24.1 Å². The first-order chi connectivity index (χ1) is 13.5. The number of carbonyl (C=O) groups excluding carboxylic acids is 2. The fourth-order valence-corrected chi connectivity index (χ4v) is 2.88. The van der Waals surface area contributed by atoms with Crippen LogP contribution in [0.25, 0.3) is 6.08 Å². The van der Waals surface area contributed by atoms with Gasteiger partial charge in [-0.25, -0.2) is 4.39 Å². The van der Waals surface area contributed by atoms with E-state index in [2.05, 4.69) is 4.90 Å². The minimum absolute atomic E-state index is 0.0236. The lowest BCUT2D eigenvalue weighted by Crippen LogP contribution is -2.48. The molecule has 1 amide bonds. The van der Waals surface area contributed by atoms with Crippen LogP contribution in [-0.4, -0.2) is 61.3 Å². The summed E-state index contributed by atoms with van der Waals surface area (Å²) in [5, 5.41) is 0. The molecule has 2 aromatic rings. The van der Waals surface area contributed by atoms with Gasteiger partial charge in [-0.3, -0.25) is 9.59 Å². The third-order valence-corrected chi connectivity index (χ3v) is 4.68. The molecule has 146 valence electrons. The van der Waals surface area contributed by atoms with Gasteiger partial charge in [-0.05, 0) is 49.5 Å². The van der Waals surface area contributed by atoms with Gasteiger partial charge in [0.05, 0.1) is 0 Å². The van der Waals surface area contributed by atoms with Gasteiger partial charge in [0.15, 0.2) is 12.4 Å². The number of piperazine rings is 1. The smallest absolute Gasteiger partial charge is 0.260 e. The highest BCUT2D eigenvalue weighted by atomic mass is 19.1. The Hall–Kier alpha value is -2.99. The van der Waals surface area contributed by atoms with Gasteiger partial charge in [0, 0.05) is 37.3 Å². The van der Waals surface area contributed by atoms with E-state index in [1.165, 1.54) is 18.2 Å². The zero-order chi connectivity index (χ0) is 19.9. The van der Waals surface area contributed by atoms with Crippen molar-refractivity contribution in [2.45, 2.75) is 0 Å². The molecule has 0 aromatic heterocycles. The van der Waals surface area contributed by atoms with Crippen LogP contribution < -0.4 is 4.74 Å². The molecule has 0 spiro atoms. The van der Waals surface area contributed by atoms with Crippen LogP contribution in [0.15, 0.2) is 54.6 Å². The Kier molecular flexibility index (Phi) is 6.55. The van der Waals surface area contributed by atoms with Gasteiger partial charge in [0.1, 0.15) is 11.6 Å². The van der Waals surface area contributed by atoms with Gasteiger partial charge in [-0.15, -0.1) is 0 Å². The maximum atomic E-state index is 13.6. The summed E-state index contributed by atoms with van der Waals surface area (Å²) >= 11 is 0. The van der Waals surface area contributed by atoms with Gasteiger partial charge >= 0.3 is 0 Å². The highest BCUT2D eigenvalue weighted by molar-refractivity contribution is 6.06. The Labute approximate surface area is 164 Å². The maximum Gasteiger partial charge on any atom is 0.260 e. The molecule has 5 nitrogen and oxygen atoms in total. The van der Waals surface area contributed by atoms with Crippen molar-refractivity contribution in [1.29, 1.82) is 0 Å². The fraction of sp³-hybridized carbons (Fsp3) is 0.273. The van der Waals surface area contributed by atoms with E-state index in [1.807, 2.05) is 7.05 Å².